The number of hydrogen-bond acceptors (Lipinski definition) is 2. The molecule has 0 aliphatic heterocycles. The Balaban J connectivity index is 2.23. The molecule has 0 radical (unpaired) electrons. The molecule has 18 heavy (non-hydrogen) atoms. The Morgan fingerprint density at radius 2 is 1.83 bits per heavy atom. The monoisotopic (exact) mass is 244 g/mol. The first-order valence-corrected chi connectivity index (χ1v) is 6.04. The molecule has 0 bridgehead atoms. The quantitative estimate of drug-likeness (QED) is 0.835. The van der Waals surface area contributed by atoms with E-state index in [4.69, 9.17) is 5.73 Å². The van der Waals surface area contributed by atoms with Crippen LogP contribution in [0.5, 0.6) is 0 Å². The van der Waals surface area contributed by atoms with Crippen LogP contribution in [0.2, 0.25) is 0 Å². The first kappa shape index (κ1) is 12.4. The summed E-state index contributed by atoms with van der Waals surface area (Å²) in [4.78, 5) is 2.13. The van der Waals surface area contributed by atoms with Crippen LogP contribution in [0.15, 0.2) is 48.5 Å². The molecule has 0 aliphatic rings. The van der Waals surface area contributed by atoms with E-state index in [2.05, 4.69) is 24.0 Å². The van der Waals surface area contributed by atoms with Crippen molar-refractivity contribution in [2.24, 2.45) is 0 Å². The second-order valence-electron chi connectivity index (χ2n) is 4.20. The fourth-order valence-electron chi connectivity index (χ4n) is 1.98. The second-order valence-corrected chi connectivity index (χ2v) is 4.20. The molecule has 0 atom stereocenters. The van der Waals surface area contributed by atoms with Gasteiger partial charge in [-0.05, 0) is 30.7 Å². The first-order valence-electron chi connectivity index (χ1n) is 6.04. The van der Waals surface area contributed by atoms with Crippen molar-refractivity contribution in [2.75, 3.05) is 17.2 Å². The molecule has 3 heteroatoms. The molecule has 0 unspecified atom stereocenters. The minimum Gasteiger partial charge on any atom is -0.397 e. The summed E-state index contributed by atoms with van der Waals surface area (Å²) in [6.07, 6.45) is 0. The van der Waals surface area contributed by atoms with Gasteiger partial charge in [-0.1, -0.05) is 30.3 Å². The molecule has 0 saturated heterocycles. The van der Waals surface area contributed by atoms with Crippen molar-refractivity contribution in [3.05, 3.63) is 59.9 Å². The lowest BCUT2D eigenvalue weighted by atomic mass is 10.2. The predicted molar refractivity (Wildman–Crippen MR) is 74.0 cm³/mol. The molecule has 2 aromatic rings. The summed E-state index contributed by atoms with van der Waals surface area (Å²) in [6, 6.07) is 14.7. The zero-order valence-electron chi connectivity index (χ0n) is 10.4. The van der Waals surface area contributed by atoms with Gasteiger partial charge in [-0.3, -0.25) is 0 Å². The summed E-state index contributed by atoms with van der Waals surface area (Å²) in [7, 11) is 0. The van der Waals surface area contributed by atoms with E-state index < -0.39 is 0 Å². The third kappa shape index (κ3) is 2.80. The highest BCUT2D eigenvalue weighted by atomic mass is 19.1. The molecule has 0 amide bonds. The van der Waals surface area contributed by atoms with Crippen LogP contribution in [-0.2, 0) is 6.54 Å². The molecule has 2 aromatic carbocycles. The minimum atomic E-state index is -0.299. The Labute approximate surface area is 107 Å². The van der Waals surface area contributed by atoms with Crippen molar-refractivity contribution < 1.29 is 4.39 Å². The number of hydrogen-bond donors (Lipinski definition) is 1. The largest absolute Gasteiger partial charge is 0.397 e. The van der Waals surface area contributed by atoms with Gasteiger partial charge in [0.1, 0.15) is 5.82 Å². The summed E-state index contributed by atoms with van der Waals surface area (Å²) in [5, 5.41) is 0. The number of nitrogens with zero attached hydrogens (tertiary/aromatic N) is 1. The third-order valence-corrected chi connectivity index (χ3v) is 2.93. The van der Waals surface area contributed by atoms with Crippen LogP contribution in [-0.4, -0.2) is 6.54 Å². The fourth-order valence-corrected chi connectivity index (χ4v) is 1.98. The van der Waals surface area contributed by atoms with E-state index in [1.165, 1.54) is 17.7 Å². The molecule has 0 aromatic heterocycles. The van der Waals surface area contributed by atoms with Crippen molar-refractivity contribution in [1.29, 1.82) is 0 Å². The average Bonchev–Trinajstić information content (AvgIpc) is 2.38. The van der Waals surface area contributed by atoms with Gasteiger partial charge in [-0.2, -0.15) is 0 Å². The lowest BCUT2D eigenvalue weighted by molar-refractivity contribution is 0.628. The van der Waals surface area contributed by atoms with Crippen LogP contribution in [0.25, 0.3) is 0 Å². The molecule has 94 valence electrons. The van der Waals surface area contributed by atoms with Crippen molar-refractivity contribution in [3.8, 4) is 0 Å². The van der Waals surface area contributed by atoms with Crippen LogP contribution in [0.4, 0.5) is 15.8 Å². The highest BCUT2D eigenvalue weighted by molar-refractivity contribution is 5.67. The molecule has 0 heterocycles. The van der Waals surface area contributed by atoms with E-state index in [0.717, 1.165) is 18.8 Å². The van der Waals surface area contributed by atoms with Gasteiger partial charge in [0.15, 0.2) is 0 Å². The van der Waals surface area contributed by atoms with Crippen LogP contribution < -0.4 is 10.6 Å². The smallest absolute Gasteiger partial charge is 0.125 e. The van der Waals surface area contributed by atoms with Gasteiger partial charge in [0.2, 0.25) is 0 Å². The predicted octanol–water partition coefficient (Wildman–Crippen LogP) is 3.43. The standard InChI is InChI=1S/C15H17FN2/c1-2-18(11-12-6-4-3-5-7-12)15-9-8-13(16)10-14(15)17/h3-10H,2,11,17H2,1H3. The van der Waals surface area contributed by atoms with E-state index in [0.29, 0.717) is 5.69 Å². The van der Waals surface area contributed by atoms with E-state index in [9.17, 15) is 4.39 Å². The minimum absolute atomic E-state index is 0.299. The third-order valence-electron chi connectivity index (χ3n) is 2.93. The maximum absolute atomic E-state index is 13.0. The molecule has 0 spiro atoms. The summed E-state index contributed by atoms with van der Waals surface area (Å²) < 4.78 is 13.0. The topological polar surface area (TPSA) is 29.3 Å². The number of rotatable bonds is 4. The van der Waals surface area contributed by atoms with Gasteiger partial charge in [-0.25, -0.2) is 4.39 Å². The van der Waals surface area contributed by atoms with Crippen molar-refractivity contribution in [1.82, 2.24) is 0 Å². The number of anilines is 2. The van der Waals surface area contributed by atoms with Crippen molar-refractivity contribution >= 4 is 11.4 Å². The zero-order chi connectivity index (χ0) is 13.0. The summed E-state index contributed by atoms with van der Waals surface area (Å²) in [5.41, 5.74) is 8.44. The molecule has 0 fully saturated rings. The number of nitrogens with two attached hydrogens (primary N) is 1. The Morgan fingerprint density at radius 3 is 2.44 bits per heavy atom. The van der Waals surface area contributed by atoms with Gasteiger partial charge in [-0.15, -0.1) is 0 Å². The van der Waals surface area contributed by atoms with Crippen LogP contribution in [0, 0.1) is 5.82 Å². The number of halogens is 1. The Morgan fingerprint density at radius 1 is 1.11 bits per heavy atom. The molecule has 2 N–H and O–H groups in total. The van der Waals surface area contributed by atoms with Crippen molar-refractivity contribution in [2.45, 2.75) is 13.5 Å². The second kappa shape index (κ2) is 5.54. The molecule has 2 rings (SSSR count). The Bertz CT molecular complexity index is 511. The Hall–Kier alpha value is -2.03. The first-order chi connectivity index (χ1) is 8.70. The molecular weight excluding hydrogens is 227 g/mol. The molecule has 2 nitrogen and oxygen atoms in total. The molecule has 0 saturated carbocycles. The van der Waals surface area contributed by atoms with Crippen LogP contribution >= 0.6 is 0 Å². The van der Waals surface area contributed by atoms with Gasteiger partial charge < -0.3 is 10.6 Å². The van der Waals surface area contributed by atoms with Gasteiger partial charge in [0.25, 0.3) is 0 Å². The van der Waals surface area contributed by atoms with E-state index in [1.54, 1.807) is 6.07 Å². The maximum Gasteiger partial charge on any atom is 0.125 e. The highest BCUT2D eigenvalue weighted by Crippen LogP contribution is 2.25. The van der Waals surface area contributed by atoms with Crippen LogP contribution in [0.1, 0.15) is 12.5 Å². The maximum atomic E-state index is 13.0. The lowest BCUT2D eigenvalue weighted by Crippen LogP contribution is -2.23. The van der Waals surface area contributed by atoms with E-state index in [1.807, 2.05) is 18.2 Å². The zero-order valence-corrected chi connectivity index (χ0v) is 10.4. The Kier molecular flexibility index (Phi) is 3.82. The average molecular weight is 244 g/mol. The summed E-state index contributed by atoms with van der Waals surface area (Å²) in [5.74, 6) is -0.299. The summed E-state index contributed by atoms with van der Waals surface area (Å²) >= 11 is 0. The van der Waals surface area contributed by atoms with Gasteiger partial charge >= 0.3 is 0 Å². The van der Waals surface area contributed by atoms with Gasteiger partial charge in [0.05, 0.1) is 11.4 Å². The molecular formula is C15H17FN2. The van der Waals surface area contributed by atoms with Crippen LogP contribution in [0.3, 0.4) is 0 Å². The lowest BCUT2D eigenvalue weighted by Gasteiger charge is -2.24. The fraction of sp³-hybridized carbons (Fsp3) is 0.200. The molecule has 0 aliphatic carbocycles. The normalized spacial score (nSPS) is 10.3. The number of nitrogen functional groups attached to an aromatic ring is 1. The number of benzene rings is 2. The SMILES string of the molecule is CCN(Cc1ccccc1)c1ccc(F)cc1N. The van der Waals surface area contributed by atoms with E-state index >= 15 is 0 Å². The highest BCUT2D eigenvalue weighted by Gasteiger charge is 2.09. The van der Waals surface area contributed by atoms with E-state index in [-0.39, 0.29) is 5.82 Å². The van der Waals surface area contributed by atoms with Gasteiger partial charge in [0, 0.05) is 13.1 Å². The summed E-state index contributed by atoms with van der Waals surface area (Å²) in [6.45, 7) is 3.66. The van der Waals surface area contributed by atoms with Crippen molar-refractivity contribution in [3.63, 3.8) is 0 Å².